The molecular weight excluding hydrogens is 430 g/mol. The molecule has 192 valence electrons. The van der Waals surface area contributed by atoms with Gasteiger partial charge in [-0.25, -0.2) is 4.90 Å². The summed E-state index contributed by atoms with van der Waals surface area (Å²) in [6, 6.07) is 6.00. The molecule has 1 amide bonds. The van der Waals surface area contributed by atoms with E-state index in [4.69, 9.17) is 14.2 Å². The Labute approximate surface area is 206 Å². The minimum atomic E-state index is -0.558. The third-order valence-electron chi connectivity index (χ3n) is 6.88. The van der Waals surface area contributed by atoms with Crippen molar-refractivity contribution in [2.45, 2.75) is 84.5 Å². The van der Waals surface area contributed by atoms with Crippen LogP contribution < -0.4 is 14.8 Å². The van der Waals surface area contributed by atoms with Crippen LogP contribution in [0.3, 0.4) is 0 Å². The zero-order valence-electron chi connectivity index (χ0n) is 22.3. The predicted octanol–water partition coefficient (Wildman–Crippen LogP) is 5.21. The van der Waals surface area contributed by atoms with E-state index in [2.05, 4.69) is 42.8 Å². The summed E-state index contributed by atoms with van der Waals surface area (Å²) < 4.78 is 18.1. The number of ether oxygens (including phenoxy) is 3. The second-order valence-corrected chi connectivity index (χ2v) is 8.86. The minimum Gasteiger partial charge on any atom is -0.496 e. The summed E-state index contributed by atoms with van der Waals surface area (Å²) in [5.74, 6) is 1.60. The Bertz CT molecular complexity index is 791. The van der Waals surface area contributed by atoms with Crippen molar-refractivity contribution >= 4 is 6.41 Å². The van der Waals surface area contributed by atoms with E-state index in [0.29, 0.717) is 0 Å². The molecule has 0 saturated heterocycles. The Hall–Kier alpha value is -2.25. The van der Waals surface area contributed by atoms with Crippen molar-refractivity contribution in [1.82, 2.24) is 15.1 Å². The molecule has 1 aliphatic heterocycles. The van der Waals surface area contributed by atoms with Gasteiger partial charge < -0.3 is 24.4 Å². The topological polar surface area (TPSA) is 63.3 Å². The number of hydrogen-bond acceptors (Lipinski definition) is 6. The van der Waals surface area contributed by atoms with Crippen LogP contribution in [0.1, 0.15) is 78.2 Å². The summed E-state index contributed by atoms with van der Waals surface area (Å²) in [5, 5.41) is 2.98. The molecule has 2 unspecified atom stereocenters. The van der Waals surface area contributed by atoms with Crippen LogP contribution in [0.5, 0.6) is 11.5 Å². The number of carbonyl (C=O) groups is 1. The predicted molar refractivity (Wildman–Crippen MR) is 137 cm³/mol. The zero-order valence-corrected chi connectivity index (χ0v) is 22.3. The number of benzene rings is 1. The summed E-state index contributed by atoms with van der Waals surface area (Å²) in [6.45, 7) is 10.4. The van der Waals surface area contributed by atoms with E-state index >= 15 is 0 Å². The normalized spacial score (nSPS) is 21.0. The molecule has 2 atom stereocenters. The first-order valence-electron chi connectivity index (χ1n) is 12.7. The molecule has 1 aromatic carbocycles. The third-order valence-corrected chi connectivity index (χ3v) is 6.88. The second kappa shape index (κ2) is 13.6. The lowest BCUT2D eigenvalue weighted by Gasteiger charge is -2.59. The summed E-state index contributed by atoms with van der Waals surface area (Å²) in [6.07, 6.45) is 7.44. The van der Waals surface area contributed by atoms with Crippen LogP contribution in [0.2, 0.25) is 0 Å². The van der Waals surface area contributed by atoms with Gasteiger partial charge in [0, 0.05) is 25.9 Å². The maximum absolute atomic E-state index is 11.6. The van der Waals surface area contributed by atoms with Gasteiger partial charge in [0.1, 0.15) is 17.2 Å². The zero-order chi connectivity index (χ0) is 25.1. The van der Waals surface area contributed by atoms with Crippen molar-refractivity contribution in [3.63, 3.8) is 0 Å². The van der Waals surface area contributed by atoms with Crippen LogP contribution in [0.25, 0.3) is 0 Å². The lowest BCUT2D eigenvalue weighted by atomic mass is 9.84. The van der Waals surface area contributed by atoms with E-state index in [1.807, 2.05) is 18.2 Å². The Kier molecular flexibility index (Phi) is 11.2. The standard InChI is InChI=1S/C27H45N3O4/c1-8-11-17-27(24-22(32-5)15-14-16-23(24)33-6)29(18-12-9-2)21(4)25(28-20-31)26(34-7)30(27)19-13-10-3/h14-16,20,26H,8-13,17-19H2,1-7H3,(H,28,31). The summed E-state index contributed by atoms with van der Waals surface area (Å²) in [7, 11) is 5.16. The number of nitrogens with one attached hydrogen (secondary N) is 1. The van der Waals surface area contributed by atoms with E-state index in [-0.39, 0.29) is 0 Å². The quantitative estimate of drug-likeness (QED) is 0.351. The number of nitrogens with zero attached hydrogens (tertiary/aromatic N) is 2. The number of hydrogen-bond donors (Lipinski definition) is 1. The molecule has 0 saturated carbocycles. The Morgan fingerprint density at radius 2 is 1.56 bits per heavy atom. The van der Waals surface area contributed by atoms with Crippen LogP contribution in [0.4, 0.5) is 0 Å². The van der Waals surface area contributed by atoms with Gasteiger partial charge in [0.25, 0.3) is 0 Å². The van der Waals surface area contributed by atoms with Crippen molar-refractivity contribution < 1.29 is 19.0 Å². The van der Waals surface area contributed by atoms with Crippen LogP contribution in [0.15, 0.2) is 29.6 Å². The maximum Gasteiger partial charge on any atom is 0.211 e. The first-order chi connectivity index (χ1) is 16.5. The fourth-order valence-electron chi connectivity index (χ4n) is 5.24. The van der Waals surface area contributed by atoms with Crippen molar-refractivity contribution in [3.8, 4) is 11.5 Å². The molecule has 0 fully saturated rings. The molecule has 0 spiro atoms. The second-order valence-electron chi connectivity index (χ2n) is 8.86. The highest BCUT2D eigenvalue weighted by atomic mass is 16.5. The molecule has 0 bridgehead atoms. The highest BCUT2D eigenvalue weighted by Crippen LogP contribution is 2.52. The summed E-state index contributed by atoms with van der Waals surface area (Å²) in [4.78, 5) is 16.5. The SMILES string of the molecule is CCCCN1C(C)=C(NC=O)C(OC)N(CCCC)C1(CCCC)c1c(OC)cccc1OC. The van der Waals surface area contributed by atoms with E-state index in [1.165, 1.54) is 0 Å². The van der Waals surface area contributed by atoms with Gasteiger partial charge >= 0.3 is 0 Å². The van der Waals surface area contributed by atoms with Crippen molar-refractivity contribution in [2.24, 2.45) is 0 Å². The van der Waals surface area contributed by atoms with Gasteiger partial charge in [0.05, 0.1) is 25.5 Å². The van der Waals surface area contributed by atoms with Crippen LogP contribution in [-0.4, -0.2) is 56.9 Å². The molecule has 1 aromatic rings. The fourth-order valence-corrected chi connectivity index (χ4v) is 5.24. The Balaban J connectivity index is 2.99. The fraction of sp³-hybridized carbons (Fsp3) is 0.667. The molecule has 0 radical (unpaired) electrons. The number of methoxy groups -OCH3 is 3. The van der Waals surface area contributed by atoms with E-state index in [1.54, 1.807) is 21.3 Å². The first-order valence-corrected chi connectivity index (χ1v) is 12.7. The van der Waals surface area contributed by atoms with Crippen molar-refractivity contribution in [3.05, 3.63) is 35.2 Å². The molecule has 2 rings (SSSR count). The lowest BCUT2D eigenvalue weighted by Crippen LogP contribution is -2.66. The molecule has 1 N–H and O–H groups in total. The Morgan fingerprint density at radius 1 is 0.971 bits per heavy atom. The molecular formula is C27H45N3O4. The van der Waals surface area contributed by atoms with Crippen molar-refractivity contribution in [1.29, 1.82) is 0 Å². The van der Waals surface area contributed by atoms with Crippen LogP contribution in [0, 0.1) is 0 Å². The number of unbranched alkanes of at least 4 members (excludes halogenated alkanes) is 3. The highest BCUT2D eigenvalue weighted by molar-refractivity contribution is 5.54. The minimum absolute atomic E-state index is 0.402. The number of carbonyl (C=O) groups excluding carboxylic acids is 1. The van der Waals surface area contributed by atoms with Gasteiger partial charge in [-0.3, -0.25) is 4.79 Å². The lowest BCUT2D eigenvalue weighted by molar-refractivity contribution is -0.161. The third kappa shape index (κ3) is 5.36. The van der Waals surface area contributed by atoms with Gasteiger partial charge in [-0.1, -0.05) is 46.1 Å². The van der Waals surface area contributed by atoms with Gasteiger partial charge in [-0.2, -0.15) is 0 Å². The number of amides is 1. The summed E-state index contributed by atoms with van der Waals surface area (Å²) in [5.41, 5.74) is 2.28. The molecule has 34 heavy (non-hydrogen) atoms. The van der Waals surface area contributed by atoms with E-state index in [0.717, 1.165) is 92.9 Å². The molecule has 0 aliphatic carbocycles. The molecule has 1 heterocycles. The van der Waals surface area contributed by atoms with E-state index in [9.17, 15) is 4.79 Å². The molecule has 7 nitrogen and oxygen atoms in total. The van der Waals surface area contributed by atoms with Gasteiger partial charge in [-0.05, 0) is 44.7 Å². The van der Waals surface area contributed by atoms with Gasteiger partial charge in [0.2, 0.25) is 6.41 Å². The summed E-state index contributed by atoms with van der Waals surface area (Å²) >= 11 is 0. The van der Waals surface area contributed by atoms with Crippen LogP contribution in [-0.2, 0) is 15.2 Å². The number of allylic oxidation sites excluding steroid dienone is 1. The Morgan fingerprint density at radius 3 is 2.06 bits per heavy atom. The molecule has 0 aromatic heterocycles. The van der Waals surface area contributed by atoms with E-state index < -0.39 is 11.9 Å². The van der Waals surface area contributed by atoms with Crippen molar-refractivity contribution in [2.75, 3.05) is 34.4 Å². The largest absolute Gasteiger partial charge is 0.496 e. The molecule has 1 aliphatic rings. The first kappa shape index (κ1) is 28.0. The van der Waals surface area contributed by atoms with Gasteiger partial charge in [0.15, 0.2) is 6.23 Å². The monoisotopic (exact) mass is 475 g/mol. The average Bonchev–Trinajstić information content (AvgIpc) is 2.86. The molecule has 7 heteroatoms. The smallest absolute Gasteiger partial charge is 0.211 e. The number of rotatable bonds is 15. The average molecular weight is 476 g/mol. The van der Waals surface area contributed by atoms with Crippen LogP contribution >= 0.6 is 0 Å². The maximum atomic E-state index is 11.6. The van der Waals surface area contributed by atoms with Gasteiger partial charge in [-0.15, -0.1) is 0 Å². The highest BCUT2D eigenvalue weighted by Gasteiger charge is 2.53.